The van der Waals surface area contributed by atoms with Crippen LogP contribution in [0.15, 0.2) is 0 Å². The summed E-state index contributed by atoms with van der Waals surface area (Å²) in [4.78, 5) is 0. The Hall–Kier alpha value is 1.36. The van der Waals surface area contributed by atoms with Crippen LogP contribution in [-0.2, 0) is 0 Å². The molecule has 0 atom stereocenters. The van der Waals surface area contributed by atoms with Crippen LogP contribution in [0.1, 0.15) is 0 Å². The minimum Gasteiger partial charge on any atom is -0.259 e. The number of hydrogen-bond donors (Lipinski definition) is 1. The number of nitrogens with one attached hydrogen (secondary N) is 1. The van der Waals surface area contributed by atoms with Crippen LogP contribution in [0.3, 0.4) is 0 Å². The van der Waals surface area contributed by atoms with E-state index < -0.39 is 0 Å². The Morgan fingerprint density at radius 3 is 1.75 bits per heavy atom. The molecule has 0 unspecified atom stereocenters. The Kier molecular flexibility index (Phi) is 19.9. The molecule has 4 radical (unpaired) electrons. The van der Waals surface area contributed by atoms with Crippen LogP contribution >= 0.6 is 16.1 Å². The molecule has 1 N–H and O–H groups in total. The molecular formula is CH4BrNPb. The van der Waals surface area contributed by atoms with Gasteiger partial charge in [0.25, 0.3) is 0 Å². The van der Waals surface area contributed by atoms with Crippen LogP contribution in [0.2, 0.25) is 0 Å². The third-order valence-corrected chi connectivity index (χ3v) is 0. The zero-order valence-corrected chi connectivity index (χ0v) is 7.85. The van der Waals surface area contributed by atoms with Gasteiger partial charge < -0.3 is 0 Å². The van der Waals surface area contributed by atoms with Crippen molar-refractivity contribution in [1.82, 2.24) is 4.34 Å². The van der Waals surface area contributed by atoms with Crippen molar-refractivity contribution in [3.05, 3.63) is 0 Å². The molecule has 0 rings (SSSR count). The zero-order chi connectivity index (χ0) is 2.71. The van der Waals surface area contributed by atoms with E-state index in [4.69, 9.17) is 0 Å². The van der Waals surface area contributed by atoms with Crippen LogP contribution in [0, 0.1) is 0 Å². The maximum atomic E-state index is 2.90. The van der Waals surface area contributed by atoms with E-state index in [1.807, 2.05) is 0 Å². The van der Waals surface area contributed by atoms with Gasteiger partial charge in [0.2, 0.25) is 0 Å². The van der Waals surface area contributed by atoms with E-state index in [0.717, 1.165) is 0 Å². The summed E-state index contributed by atoms with van der Waals surface area (Å²) in [7, 11) is 1.79. The molecule has 0 aromatic heterocycles. The van der Waals surface area contributed by atoms with Crippen molar-refractivity contribution in [3.63, 3.8) is 0 Å². The molecule has 0 aliphatic heterocycles. The minimum absolute atomic E-state index is 0. The molecule has 4 heavy (non-hydrogen) atoms. The summed E-state index contributed by atoms with van der Waals surface area (Å²) in [6.07, 6.45) is 0. The first-order valence-corrected chi connectivity index (χ1v) is 1.48. The third-order valence-electron chi connectivity index (χ3n) is 0. The van der Waals surface area contributed by atoms with Gasteiger partial charge >= 0.3 is 0 Å². The van der Waals surface area contributed by atoms with Crippen LogP contribution in [0.25, 0.3) is 0 Å². The molecule has 0 saturated heterocycles. The van der Waals surface area contributed by atoms with Crippen molar-refractivity contribution in [2.45, 2.75) is 0 Å². The van der Waals surface area contributed by atoms with Crippen molar-refractivity contribution in [3.8, 4) is 0 Å². The molecule has 3 heteroatoms. The Morgan fingerprint density at radius 1 is 1.75 bits per heavy atom. The molecule has 1 nitrogen and oxygen atoms in total. The summed E-state index contributed by atoms with van der Waals surface area (Å²) in [5.41, 5.74) is 0. The van der Waals surface area contributed by atoms with Gasteiger partial charge in [-0.15, -0.1) is 0 Å². The van der Waals surface area contributed by atoms with Crippen molar-refractivity contribution in [2.24, 2.45) is 0 Å². The Morgan fingerprint density at radius 2 is 1.75 bits per heavy atom. The van der Waals surface area contributed by atoms with E-state index in [1.165, 1.54) is 0 Å². The van der Waals surface area contributed by atoms with Gasteiger partial charge in [0.15, 0.2) is 0 Å². The minimum atomic E-state index is 0. The summed E-state index contributed by atoms with van der Waals surface area (Å²) in [6, 6.07) is 0. The molecule has 0 aliphatic rings. The fourth-order valence-corrected chi connectivity index (χ4v) is 0. The second-order valence-electron chi connectivity index (χ2n) is 0.189. The topological polar surface area (TPSA) is 12.0 Å². The van der Waals surface area contributed by atoms with Crippen molar-refractivity contribution < 1.29 is 0 Å². The Balaban J connectivity index is 0. The van der Waals surface area contributed by atoms with Gasteiger partial charge in [-0.1, -0.05) is 0 Å². The van der Waals surface area contributed by atoms with Crippen molar-refractivity contribution >= 4 is 43.4 Å². The zero-order valence-electron chi connectivity index (χ0n) is 2.38. The first kappa shape index (κ1) is 9.03. The van der Waals surface area contributed by atoms with Crippen LogP contribution in [0.4, 0.5) is 0 Å². The van der Waals surface area contributed by atoms with Crippen molar-refractivity contribution in [2.75, 3.05) is 7.05 Å². The van der Waals surface area contributed by atoms with Gasteiger partial charge in [0, 0.05) is 43.4 Å². The second kappa shape index (κ2) is 8.84. The third kappa shape index (κ3) is 10.1. The fraction of sp³-hybridized carbons (Fsp3) is 1.00. The Labute approximate surface area is 54.6 Å². The molecule has 0 aromatic carbocycles. The first-order chi connectivity index (χ1) is 1.41. The molecule has 0 bridgehead atoms. The summed E-state index contributed by atoms with van der Waals surface area (Å²) in [5.74, 6) is 0. The van der Waals surface area contributed by atoms with Gasteiger partial charge in [-0.2, -0.15) is 0 Å². The quantitative estimate of drug-likeness (QED) is 0.495. The van der Waals surface area contributed by atoms with Gasteiger partial charge in [0.05, 0.1) is 0 Å². The molecule has 0 fully saturated rings. The summed E-state index contributed by atoms with van der Waals surface area (Å²) in [5, 5.41) is 0. The average Bonchev–Trinajstić information content (AvgIpc) is 0.918. The molecule has 0 spiro atoms. The maximum absolute atomic E-state index is 2.90. The monoisotopic (exact) mass is 317 g/mol. The number of rotatable bonds is 0. The predicted molar refractivity (Wildman–Crippen MR) is 23.7 cm³/mol. The van der Waals surface area contributed by atoms with Crippen molar-refractivity contribution in [1.29, 1.82) is 0 Å². The first-order valence-electron chi connectivity index (χ1n) is 0.689. The predicted octanol–water partition coefficient (Wildman–Crippen LogP) is 0.135. The van der Waals surface area contributed by atoms with Gasteiger partial charge in [-0.25, -0.2) is 0 Å². The van der Waals surface area contributed by atoms with E-state index in [9.17, 15) is 0 Å². The largest absolute Gasteiger partial charge is 0.259 e. The van der Waals surface area contributed by atoms with Crippen LogP contribution in [0.5, 0.6) is 0 Å². The maximum Gasteiger partial charge on any atom is 0.00847 e. The molecule has 0 saturated carbocycles. The van der Waals surface area contributed by atoms with E-state index in [1.54, 1.807) is 7.05 Å². The fourth-order valence-electron chi connectivity index (χ4n) is 0. The standard InChI is InChI=1S/CH4BrN.Pb/c1-3-2;/h3H,1H3;. The van der Waals surface area contributed by atoms with Gasteiger partial charge in [0.1, 0.15) is 0 Å². The summed E-state index contributed by atoms with van der Waals surface area (Å²) >= 11 is 2.90. The molecule has 0 amide bonds. The Bertz CT molecular complexity index is 8.00. The van der Waals surface area contributed by atoms with E-state index in [0.29, 0.717) is 0 Å². The molecule has 24 valence electrons. The smallest absolute Gasteiger partial charge is 0.00847 e. The van der Waals surface area contributed by atoms with Crippen LogP contribution < -0.4 is 4.34 Å². The molecular weight excluding hydrogens is 313 g/mol. The van der Waals surface area contributed by atoms with E-state index in [-0.39, 0.29) is 27.3 Å². The summed E-state index contributed by atoms with van der Waals surface area (Å²) < 4.78 is 2.56. The molecule has 0 heterocycles. The summed E-state index contributed by atoms with van der Waals surface area (Å²) in [6.45, 7) is 0. The molecule has 0 aliphatic carbocycles. The normalized spacial score (nSPS) is 4.50. The van der Waals surface area contributed by atoms with Gasteiger partial charge in [-0.05, 0) is 7.05 Å². The van der Waals surface area contributed by atoms with E-state index in [2.05, 4.69) is 20.5 Å². The van der Waals surface area contributed by atoms with Gasteiger partial charge in [-0.3, -0.25) is 4.34 Å². The SMILES string of the molecule is CNBr.[Pb]. The molecule has 0 aromatic rings. The van der Waals surface area contributed by atoms with Crippen LogP contribution in [-0.4, -0.2) is 34.3 Å². The number of hydrogen-bond acceptors (Lipinski definition) is 1. The average molecular weight is 317 g/mol. The number of halogens is 1. The second-order valence-corrected chi connectivity index (χ2v) is 0.982. The van der Waals surface area contributed by atoms with E-state index >= 15 is 0 Å².